The van der Waals surface area contributed by atoms with E-state index in [-0.39, 0.29) is 30.8 Å². The van der Waals surface area contributed by atoms with Gasteiger partial charge in [-0.25, -0.2) is 0 Å². The third-order valence-electron chi connectivity index (χ3n) is 1.08. The van der Waals surface area contributed by atoms with Gasteiger partial charge in [0.1, 0.15) is 0 Å². The highest BCUT2D eigenvalue weighted by atomic mass is 35.5. The number of rotatable bonds is 1. The summed E-state index contributed by atoms with van der Waals surface area (Å²) in [4.78, 5) is 13.7. The number of esters is 1. The molecule has 0 aliphatic heterocycles. The molecule has 1 aromatic heterocycles. The summed E-state index contributed by atoms with van der Waals surface area (Å²) < 4.78 is 4.26. The molecular weight excluding hydrogens is 225 g/mol. The molecule has 1 rings (SSSR count). The molecule has 0 saturated carbocycles. The molecule has 0 radical (unpaired) electrons. The molecule has 0 aliphatic carbocycles. The normalized spacial score (nSPS) is 6.71. The molecule has 0 fully saturated rings. The number of nitrogens with zero attached hydrogens (tertiary/aromatic N) is 1. The molecule has 0 spiro atoms. The second-order valence-corrected chi connectivity index (χ2v) is 1.95. The highest BCUT2D eigenvalue weighted by Gasteiger charge is 1.87. The van der Waals surface area contributed by atoms with Crippen LogP contribution in [0.25, 0.3) is 0 Å². The predicted molar refractivity (Wildman–Crippen MR) is 61.0 cm³/mol. The minimum absolute atomic E-state index is 0. The monoisotopic (exact) mass is 239 g/mol. The maximum absolute atomic E-state index is 9.96. The first kappa shape index (κ1) is 18.9. The molecule has 0 saturated heterocycles. The van der Waals surface area contributed by atoms with E-state index in [1.54, 1.807) is 19.3 Å². The summed E-state index contributed by atoms with van der Waals surface area (Å²) in [5.74, 6) is -0.157. The standard InChI is InChI=1S/C5H5N.C4H8O2.2ClH/c1-2-4-6-5-3-1;1-3-4(5)6-2;;/h1-5H;3H2,1-2H3;2*1H. The lowest BCUT2D eigenvalue weighted by molar-refractivity contribution is -0.140. The van der Waals surface area contributed by atoms with Crippen LogP contribution in [0.15, 0.2) is 30.6 Å². The lowest BCUT2D eigenvalue weighted by atomic mass is 10.5. The zero-order valence-electron chi connectivity index (χ0n) is 8.17. The molecular formula is C9H15Cl2NO2. The van der Waals surface area contributed by atoms with Gasteiger partial charge in [0.15, 0.2) is 0 Å². The van der Waals surface area contributed by atoms with Crippen LogP contribution in [0, 0.1) is 0 Å². The molecule has 1 aromatic rings. The Hall–Kier alpha value is -0.800. The number of hydrogen-bond acceptors (Lipinski definition) is 3. The van der Waals surface area contributed by atoms with E-state index >= 15 is 0 Å². The number of pyridine rings is 1. The molecule has 0 N–H and O–H groups in total. The third kappa shape index (κ3) is 13.8. The zero-order valence-corrected chi connectivity index (χ0v) is 9.81. The van der Waals surface area contributed by atoms with E-state index in [0.29, 0.717) is 6.42 Å². The van der Waals surface area contributed by atoms with Crippen molar-refractivity contribution in [3.63, 3.8) is 0 Å². The minimum atomic E-state index is -0.157. The molecule has 0 amide bonds. The van der Waals surface area contributed by atoms with Crippen LogP contribution >= 0.6 is 24.8 Å². The van der Waals surface area contributed by atoms with Gasteiger partial charge >= 0.3 is 5.97 Å². The van der Waals surface area contributed by atoms with Crippen LogP contribution in [0.5, 0.6) is 0 Å². The molecule has 0 unspecified atom stereocenters. The van der Waals surface area contributed by atoms with Crippen LogP contribution in [0.1, 0.15) is 13.3 Å². The van der Waals surface area contributed by atoms with Crippen LogP contribution in [0.2, 0.25) is 0 Å². The fourth-order valence-electron chi connectivity index (χ4n) is 0.457. The maximum atomic E-state index is 9.96. The number of carbonyl (C=O) groups is 1. The molecule has 82 valence electrons. The quantitative estimate of drug-likeness (QED) is 0.708. The predicted octanol–water partition coefficient (Wildman–Crippen LogP) is 2.49. The number of halogens is 2. The first-order valence-corrected chi connectivity index (χ1v) is 3.73. The Bertz CT molecular complexity index is 175. The van der Waals surface area contributed by atoms with Gasteiger partial charge in [-0.15, -0.1) is 24.8 Å². The molecule has 0 atom stereocenters. The van der Waals surface area contributed by atoms with Crippen molar-refractivity contribution in [1.82, 2.24) is 4.98 Å². The van der Waals surface area contributed by atoms with E-state index in [4.69, 9.17) is 0 Å². The summed E-state index contributed by atoms with van der Waals surface area (Å²) in [6, 6.07) is 5.72. The van der Waals surface area contributed by atoms with Crippen molar-refractivity contribution in [2.45, 2.75) is 13.3 Å². The van der Waals surface area contributed by atoms with Gasteiger partial charge in [-0.3, -0.25) is 9.78 Å². The van der Waals surface area contributed by atoms with E-state index < -0.39 is 0 Å². The Morgan fingerprint density at radius 2 is 1.71 bits per heavy atom. The maximum Gasteiger partial charge on any atom is 0.305 e. The largest absolute Gasteiger partial charge is 0.469 e. The van der Waals surface area contributed by atoms with Gasteiger partial charge in [-0.2, -0.15) is 0 Å². The van der Waals surface area contributed by atoms with Crippen LogP contribution in [-0.4, -0.2) is 18.1 Å². The van der Waals surface area contributed by atoms with Crippen molar-refractivity contribution in [3.8, 4) is 0 Å². The van der Waals surface area contributed by atoms with Gasteiger partial charge < -0.3 is 4.74 Å². The van der Waals surface area contributed by atoms with E-state index in [1.165, 1.54) is 7.11 Å². The average Bonchev–Trinajstić information content (AvgIpc) is 2.20. The first-order chi connectivity index (χ1) is 5.81. The Labute approximate surface area is 96.7 Å². The Morgan fingerprint density at radius 1 is 1.21 bits per heavy atom. The van der Waals surface area contributed by atoms with Crippen LogP contribution in [0.4, 0.5) is 0 Å². The SMILES string of the molecule is CCC(=O)OC.Cl.Cl.c1ccncc1. The zero-order chi connectivity index (χ0) is 9.23. The molecule has 3 nitrogen and oxygen atoms in total. The lowest BCUT2D eigenvalue weighted by Gasteiger charge is -1.87. The summed E-state index contributed by atoms with van der Waals surface area (Å²) in [5, 5.41) is 0. The third-order valence-corrected chi connectivity index (χ3v) is 1.08. The number of ether oxygens (including phenoxy) is 1. The smallest absolute Gasteiger partial charge is 0.305 e. The van der Waals surface area contributed by atoms with E-state index in [1.807, 2.05) is 18.2 Å². The second-order valence-electron chi connectivity index (χ2n) is 1.95. The van der Waals surface area contributed by atoms with Gasteiger partial charge in [0.2, 0.25) is 0 Å². The van der Waals surface area contributed by atoms with Crippen molar-refractivity contribution < 1.29 is 9.53 Å². The van der Waals surface area contributed by atoms with Gasteiger partial charge in [0.25, 0.3) is 0 Å². The molecule has 0 aliphatic rings. The average molecular weight is 240 g/mol. The minimum Gasteiger partial charge on any atom is -0.469 e. The first-order valence-electron chi connectivity index (χ1n) is 3.73. The highest BCUT2D eigenvalue weighted by molar-refractivity contribution is 5.85. The van der Waals surface area contributed by atoms with Crippen molar-refractivity contribution in [2.24, 2.45) is 0 Å². The summed E-state index contributed by atoms with van der Waals surface area (Å²) >= 11 is 0. The second kappa shape index (κ2) is 14.7. The highest BCUT2D eigenvalue weighted by Crippen LogP contribution is 1.76. The van der Waals surface area contributed by atoms with E-state index in [2.05, 4.69) is 9.72 Å². The van der Waals surface area contributed by atoms with Crippen molar-refractivity contribution in [3.05, 3.63) is 30.6 Å². The van der Waals surface area contributed by atoms with Crippen LogP contribution in [-0.2, 0) is 9.53 Å². The molecule has 5 heteroatoms. The molecule has 14 heavy (non-hydrogen) atoms. The van der Waals surface area contributed by atoms with Gasteiger partial charge in [0.05, 0.1) is 7.11 Å². The Kier molecular flexibility index (Phi) is 19.8. The van der Waals surface area contributed by atoms with Gasteiger partial charge in [-0.1, -0.05) is 13.0 Å². The van der Waals surface area contributed by atoms with Crippen molar-refractivity contribution in [1.29, 1.82) is 0 Å². The van der Waals surface area contributed by atoms with Crippen LogP contribution < -0.4 is 0 Å². The summed E-state index contributed by atoms with van der Waals surface area (Å²) in [6.07, 6.45) is 3.97. The van der Waals surface area contributed by atoms with Gasteiger partial charge in [-0.05, 0) is 12.1 Å². The summed E-state index contributed by atoms with van der Waals surface area (Å²) in [7, 11) is 1.38. The summed E-state index contributed by atoms with van der Waals surface area (Å²) in [5.41, 5.74) is 0. The number of carbonyl (C=O) groups excluding carboxylic acids is 1. The number of methoxy groups -OCH3 is 1. The van der Waals surface area contributed by atoms with Crippen LogP contribution in [0.3, 0.4) is 0 Å². The summed E-state index contributed by atoms with van der Waals surface area (Å²) in [6.45, 7) is 1.76. The molecule has 0 bridgehead atoms. The number of aromatic nitrogens is 1. The molecule has 0 aromatic carbocycles. The Balaban J connectivity index is -0.000000151. The van der Waals surface area contributed by atoms with E-state index in [9.17, 15) is 4.79 Å². The fourth-order valence-corrected chi connectivity index (χ4v) is 0.457. The topological polar surface area (TPSA) is 39.2 Å². The van der Waals surface area contributed by atoms with E-state index in [0.717, 1.165) is 0 Å². The van der Waals surface area contributed by atoms with Crippen molar-refractivity contribution in [2.75, 3.05) is 7.11 Å². The fraction of sp³-hybridized carbons (Fsp3) is 0.333. The van der Waals surface area contributed by atoms with Crippen molar-refractivity contribution >= 4 is 30.8 Å². The number of hydrogen-bond donors (Lipinski definition) is 0. The van der Waals surface area contributed by atoms with Gasteiger partial charge in [0, 0.05) is 18.8 Å². The lowest BCUT2D eigenvalue weighted by Crippen LogP contribution is -1.94. The Morgan fingerprint density at radius 3 is 1.79 bits per heavy atom. The molecule has 1 heterocycles.